The molecule has 2 heterocycles. The second-order valence-corrected chi connectivity index (χ2v) is 3.49. The van der Waals surface area contributed by atoms with Crippen molar-refractivity contribution in [2.24, 2.45) is 5.73 Å². The molecular weight excluding hydrogens is 239 g/mol. The first-order valence-corrected chi connectivity index (χ1v) is 5.23. The standard InChI is InChI=1S/C11H11FN4O2/c12-8-1-2-10(14-7-8)18-6-5-16-4-3-9(15-16)11(13)17/h1-4,7H,5-6H2,(H2,13,17). The van der Waals surface area contributed by atoms with Crippen molar-refractivity contribution >= 4 is 5.91 Å². The van der Waals surface area contributed by atoms with Crippen molar-refractivity contribution in [2.75, 3.05) is 6.61 Å². The lowest BCUT2D eigenvalue weighted by atomic mass is 10.4. The number of hydrogen-bond donors (Lipinski definition) is 1. The second kappa shape index (κ2) is 5.26. The molecule has 0 aromatic carbocycles. The van der Waals surface area contributed by atoms with E-state index in [0.29, 0.717) is 19.0 Å². The van der Waals surface area contributed by atoms with Crippen LogP contribution in [0.25, 0.3) is 0 Å². The van der Waals surface area contributed by atoms with Gasteiger partial charge in [-0.2, -0.15) is 5.10 Å². The first-order chi connectivity index (χ1) is 8.65. The van der Waals surface area contributed by atoms with Crippen LogP contribution in [-0.4, -0.2) is 27.3 Å². The van der Waals surface area contributed by atoms with Crippen molar-refractivity contribution in [1.82, 2.24) is 14.8 Å². The summed E-state index contributed by atoms with van der Waals surface area (Å²) in [5.74, 6) is -0.658. The predicted octanol–water partition coefficient (Wildman–Crippen LogP) is 0.595. The van der Waals surface area contributed by atoms with Crippen LogP contribution in [0, 0.1) is 5.82 Å². The molecule has 0 saturated carbocycles. The highest BCUT2D eigenvalue weighted by atomic mass is 19.1. The van der Waals surface area contributed by atoms with Crippen molar-refractivity contribution in [3.05, 3.63) is 42.1 Å². The lowest BCUT2D eigenvalue weighted by molar-refractivity contribution is 0.0994. The molecule has 0 bridgehead atoms. The minimum atomic E-state index is -0.574. The number of pyridine rings is 1. The van der Waals surface area contributed by atoms with Gasteiger partial charge in [0, 0.05) is 12.3 Å². The van der Waals surface area contributed by atoms with E-state index in [0.717, 1.165) is 6.20 Å². The molecule has 2 aromatic heterocycles. The van der Waals surface area contributed by atoms with Gasteiger partial charge in [0.15, 0.2) is 0 Å². The molecule has 7 heteroatoms. The molecule has 1 amide bonds. The van der Waals surface area contributed by atoms with E-state index in [2.05, 4.69) is 10.1 Å². The summed E-state index contributed by atoms with van der Waals surface area (Å²) < 4.78 is 19.4. The highest BCUT2D eigenvalue weighted by molar-refractivity contribution is 5.90. The normalized spacial score (nSPS) is 10.3. The van der Waals surface area contributed by atoms with Crippen molar-refractivity contribution in [1.29, 1.82) is 0 Å². The van der Waals surface area contributed by atoms with E-state index < -0.39 is 11.7 Å². The van der Waals surface area contributed by atoms with Gasteiger partial charge in [-0.15, -0.1) is 0 Å². The number of rotatable bonds is 5. The fraction of sp³-hybridized carbons (Fsp3) is 0.182. The number of halogens is 1. The zero-order chi connectivity index (χ0) is 13.0. The zero-order valence-corrected chi connectivity index (χ0v) is 9.41. The van der Waals surface area contributed by atoms with Gasteiger partial charge in [0.2, 0.25) is 5.88 Å². The van der Waals surface area contributed by atoms with Gasteiger partial charge in [-0.1, -0.05) is 0 Å². The molecule has 0 fully saturated rings. The molecule has 2 N–H and O–H groups in total. The fourth-order valence-corrected chi connectivity index (χ4v) is 1.31. The Labute approximate surface area is 102 Å². The molecule has 18 heavy (non-hydrogen) atoms. The van der Waals surface area contributed by atoms with E-state index in [1.165, 1.54) is 22.9 Å². The molecule has 94 valence electrons. The largest absolute Gasteiger partial charge is 0.476 e. The van der Waals surface area contributed by atoms with Gasteiger partial charge in [-0.3, -0.25) is 9.48 Å². The van der Waals surface area contributed by atoms with E-state index in [1.54, 1.807) is 6.20 Å². The minimum absolute atomic E-state index is 0.204. The quantitative estimate of drug-likeness (QED) is 0.842. The van der Waals surface area contributed by atoms with Gasteiger partial charge < -0.3 is 10.5 Å². The Hall–Kier alpha value is -2.44. The number of primary amides is 1. The van der Waals surface area contributed by atoms with Crippen LogP contribution in [-0.2, 0) is 6.54 Å². The number of hydrogen-bond acceptors (Lipinski definition) is 4. The molecule has 0 radical (unpaired) electrons. The highest BCUT2D eigenvalue weighted by Gasteiger charge is 2.04. The molecule has 6 nitrogen and oxygen atoms in total. The number of amides is 1. The van der Waals surface area contributed by atoms with Crippen LogP contribution in [0.15, 0.2) is 30.6 Å². The maximum absolute atomic E-state index is 12.6. The fourth-order valence-electron chi connectivity index (χ4n) is 1.31. The Kier molecular flexibility index (Phi) is 3.52. The number of ether oxygens (including phenoxy) is 1. The number of nitrogens with zero attached hydrogens (tertiary/aromatic N) is 3. The van der Waals surface area contributed by atoms with E-state index in [9.17, 15) is 9.18 Å². The summed E-state index contributed by atoms with van der Waals surface area (Å²) >= 11 is 0. The van der Waals surface area contributed by atoms with E-state index in [-0.39, 0.29) is 5.69 Å². The minimum Gasteiger partial charge on any atom is -0.476 e. The highest BCUT2D eigenvalue weighted by Crippen LogP contribution is 2.06. The maximum Gasteiger partial charge on any atom is 0.269 e. The molecule has 2 aromatic rings. The first kappa shape index (κ1) is 12.0. The molecule has 0 saturated heterocycles. The Bertz CT molecular complexity index is 538. The summed E-state index contributed by atoms with van der Waals surface area (Å²) in [6.45, 7) is 0.741. The Morgan fingerprint density at radius 3 is 2.89 bits per heavy atom. The summed E-state index contributed by atoms with van der Waals surface area (Å²) in [7, 11) is 0. The number of nitrogens with two attached hydrogens (primary N) is 1. The summed E-state index contributed by atoms with van der Waals surface area (Å²) in [6, 6.07) is 4.23. The monoisotopic (exact) mass is 250 g/mol. The third-order valence-corrected chi connectivity index (χ3v) is 2.16. The van der Waals surface area contributed by atoms with Crippen LogP contribution in [0.1, 0.15) is 10.5 Å². The Balaban J connectivity index is 1.84. The van der Waals surface area contributed by atoms with Crippen LogP contribution in [0.2, 0.25) is 0 Å². The van der Waals surface area contributed by atoms with Crippen molar-refractivity contribution in [3.63, 3.8) is 0 Å². The molecule has 0 atom stereocenters. The maximum atomic E-state index is 12.6. The van der Waals surface area contributed by atoms with Crippen LogP contribution in [0.3, 0.4) is 0 Å². The van der Waals surface area contributed by atoms with Gasteiger partial charge in [-0.25, -0.2) is 9.37 Å². The van der Waals surface area contributed by atoms with E-state index in [1.807, 2.05) is 0 Å². The first-order valence-electron chi connectivity index (χ1n) is 5.23. The topological polar surface area (TPSA) is 83.0 Å². The van der Waals surface area contributed by atoms with Gasteiger partial charge >= 0.3 is 0 Å². The smallest absolute Gasteiger partial charge is 0.269 e. The number of aromatic nitrogens is 3. The predicted molar refractivity (Wildman–Crippen MR) is 60.4 cm³/mol. The van der Waals surface area contributed by atoms with E-state index >= 15 is 0 Å². The average Bonchev–Trinajstić information content (AvgIpc) is 2.81. The van der Waals surface area contributed by atoms with E-state index in [4.69, 9.17) is 10.5 Å². The van der Waals surface area contributed by atoms with Crippen molar-refractivity contribution < 1.29 is 13.9 Å². The molecule has 0 aliphatic rings. The van der Waals surface area contributed by atoms with Gasteiger partial charge in [0.1, 0.15) is 18.1 Å². The van der Waals surface area contributed by atoms with Crippen LogP contribution in [0.4, 0.5) is 4.39 Å². The number of carbonyl (C=O) groups excluding carboxylic acids is 1. The lowest BCUT2D eigenvalue weighted by Gasteiger charge is -2.04. The van der Waals surface area contributed by atoms with Crippen molar-refractivity contribution in [2.45, 2.75) is 6.54 Å². The third-order valence-electron chi connectivity index (χ3n) is 2.16. The van der Waals surface area contributed by atoms with Crippen molar-refractivity contribution in [3.8, 4) is 5.88 Å². The molecule has 2 rings (SSSR count). The number of carbonyl (C=O) groups is 1. The summed E-state index contributed by atoms with van der Waals surface area (Å²) in [5.41, 5.74) is 5.27. The van der Waals surface area contributed by atoms with Crippen LogP contribution >= 0.6 is 0 Å². The molecule has 0 aliphatic heterocycles. The summed E-state index contributed by atoms with van der Waals surface area (Å²) in [4.78, 5) is 14.6. The molecule has 0 aliphatic carbocycles. The molecule has 0 unspecified atom stereocenters. The average molecular weight is 250 g/mol. The Morgan fingerprint density at radius 1 is 1.44 bits per heavy atom. The molecular formula is C11H11FN4O2. The van der Waals surface area contributed by atoms with Crippen LogP contribution in [0.5, 0.6) is 5.88 Å². The zero-order valence-electron chi connectivity index (χ0n) is 9.41. The summed E-state index contributed by atoms with van der Waals surface area (Å²) in [6.07, 6.45) is 2.70. The second-order valence-electron chi connectivity index (χ2n) is 3.49. The third kappa shape index (κ3) is 3.03. The summed E-state index contributed by atoms with van der Waals surface area (Å²) in [5, 5.41) is 3.94. The SMILES string of the molecule is NC(=O)c1ccn(CCOc2ccc(F)cn2)n1. The van der Waals surface area contributed by atoms with Gasteiger partial charge in [0.05, 0.1) is 12.7 Å². The van der Waals surface area contributed by atoms with Gasteiger partial charge in [0.25, 0.3) is 5.91 Å². The van der Waals surface area contributed by atoms with Crippen LogP contribution < -0.4 is 10.5 Å². The molecule has 0 spiro atoms. The lowest BCUT2D eigenvalue weighted by Crippen LogP contribution is -2.14. The van der Waals surface area contributed by atoms with Gasteiger partial charge in [-0.05, 0) is 12.1 Å². The Morgan fingerprint density at radius 2 is 2.28 bits per heavy atom.